The number of benzene rings is 2. The molecule has 1 aliphatic heterocycles. The SMILES string of the molecule is O=c1n(-c2ccc([N+](=O)[O-])c3ccccc23)c(O)c2n1[C@H]1CC=C2C1. The fourth-order valence-electron chi connectivity index (χ4n) is 4.07. The van der Waals surface area contributed by atoms with Crippen LogP contribution in [0.4, 0.5) is 5.69 Å². The van der Waals surface area contributed by atoms with Crippen LogP contribution >= 0.6 is 0 Å². The Morgan fingerprint density at radius 2 is 1.92 bits per heavy atom. The lowest BCUT2D eigenvalue weighted by atomic mass is 10.1. The molecular weight excluding hydrogens is 322 g/mol. The summed E-state index contributed by atoms with van der Waals surface area (Å²) in [7, 11) is 0. The Labute approximate surface area is 141 Å². The van der Waals surface area contributed by atoms with E-state index in [4.69, 9.17) is 0 Å². The summed E-state index contributed by atoms with van der Waals surface area (Å²) in [5.41, 5.74) is 1.68. The normalized spacial score (nSPS) is 17.8. The number of allylic oxidation sites excluding steroid dienone is 2. The molecule has 1 aliphatic carbocycles. The Morgan fingerprint density at radius 3 is 2.64 bits per heavy atom. The Morgan fingerprint density at radius 1 is 1.16 bits per heavy atom. The molecular formula is C18H13N3O4. The van der Waals surface area contributed by atoms with Crippen molar-refractivity contribution < 1.29 is 10.0 Å². The summed E-state index contributed by atoms with van der Waals surface area (Å²) < 4.78 is 2.90. The third-order valence-electron chi connectivity index (χ3n) is 5.14. The quantitative estimate of drug-likeness (QED) is 0.575. The molecule has 2 aromatic carbocycles. The number of hydrogen-bond acceptors (Lipinski definition) is 4. The van der Waals surface area contributed by atoms with Crippen LogP contribution in [0.1, 0.15) is 24.6 Å². The summed E-state index contributed by atoms with van der Waals surface area (Å²) in [5, 5.41) is 23.0. The lowest BCUT2D eigenvalue weighted by Crippen LogP contribution is -2.25. The summed E-state index contributed by atoms with van der Waals surface area (Å²) in [4.78, 5) is 23.8. The summed E-state index contributed by atoms with van der Waals surface area (Å²) in [6.45, 7) is 0. The zero-order valence-electron chi connectivity index (χ0n) is 13.0. The van der Waals surface area contributed by atoms with Crippen LogP contribution in [0.5, 0.6) is 5.88 Å². The minimum absolute atomic E-state index is 0.0265. The summed E-state index contributed by atoms with van der Waals surface area (Å²) in [5.74, 6) is -0.0996. The van der Waals surface area contributed by atoms with E-state index in [-0.39, 0.29) is 23.3 Å². The van der Waals surface area contributed by atoms with Gasteiger partial charge in [-0.25, -0.2) is 9.36 Å². The van der Waals surface area contributed by atoms with Gasteiger partial charge in [0.1, 0.15) is 5.69 Å². The molecule has 0 radical (unpaired) electrons. The third-order valence-corrected chi connectivity index (χ3v) is 5.14. The van der Waals surface area contributed by atoms with Crippen molar-refractivity contribution in [2.45, 2.75) is 18.9 Å². The Balaban J connectivity index is 1.86. The number of nitro groups is 1. The highest BCUT2D eigenvalue weighted by molar-refractivity contribution is 5.97. The molecule has 0 amide bonds. The molecule has 3 aromatic rings. The number of non-ortho nitro benzene ring substituents is 1. The van der Waals surface area contributed by atoms with Crippen molar-refractivity contribution in [3.63, 3.8) is 0 Å². The maximum atomic E-state index is 12.9. The van der Waals surface area contributed by atoms with E-state index in [0.29, 0.717) is 22.2 Å². The Hall–Kier alpha value is -3.35. The van der Waals surface area contributed by atoms with Crippen molar-refractivity contribution >= 4 is 22.0 Å². The van der Waals surface area contributed by atoms with Gasteiger partial charge in [0.25, 0.3) is 5.69 Å². The number of aromatic hydroxyl groups is 1. The first-order valence-corrected chi connectivity index (χ1v) is 8.00. The Bertz CT molecular complexity index is 1170. The second-order valence-electron chi connectivity index (χ2n) is 6.39. The number of rotatable bonds is 2. The van der Waals surface area contributed by atoms with Crippen LogP contribution in [0.15, 0.2) is 47.3 Å². The molecule has 1 aromatic heterocycles. The molecule has 2 heterocycles. The molecule has 0 saturated carbocycles. The number of nitrogens with zero attached hydrogens (tertiary/aromatic N) is 3. The van der Waals surface area contributed by atoms with Gasteiger partial charge in [-0.1, -0.05) is 24.3 Å². The van der Waals surface area contributed by atoms with Crippen molar-refractivity contribution in [1.29, 1.82) is 0 Å². The van der Waals surface area contributed by atoms with Gasteiger partial charge in [0.2, 0.25) is 5.88 Å². The average molecular weight is 335 g/mol. The van der Waals surface area contributed by atoms with Crippen molar-refractivity contribution in [2.75, 3.05) is 0 Å². The number of nitro benzene ring substituents is 1. The lowest BCUT2D eigenvalue weighted by molar-refractivity contribution is -0.383. The van der Waals surface area contributed by atoms with Crippen molar-refractivity contribution in [2.24, 2.45) is 0 Å². The summed E-state index contributed by atoms with van der Waals surface area (Å²) >= 11 is 0. The van der Waals surface area contributed by atoms with Crippen molar-refractivity contribution in [1.82, 2.24) is 9.13 Å². The number of fused-ring (bicyclic) bond motifs is 6. The van der Waals surface area contributed by atoms with Crippen molar-refractivity contribution in [3.05, 3.63) is 68.8 Å². The molecule has 25 heavy (non-hydrogen) atoms. The second-order valence-corrected chi connectivity index (χ2v) is 6.39. The van der Waals surface area contributed by atoms with Gasteiger partial charge in [-0.2, -0.15) is 0 Å². The fraction of sp³-hybridized carbons (Fsp3) is 0.167. The van der Waals surface area contributed by atoms with Gasteiger partial charge in [0, 0.05) is 17.5 Å². The van der Waals surface area contributed by atoms with Crippen LogP contribution in [-0.4, -0.2) is 19.2 Å². The molecule has 1 N–H and O–H groups in total. The van der Waals surface area contributed by atoms with Gasteiger partial charge in [-0.05, 0) is 30.5 Å². The van der Waals surface area contributed by atoms with E-state index in [0.717, 1.165) is 18.4 Å². The predicted octanol–water partition coefficient (Wildman–Crippen LogP) is 3.14. The van der Waals surface area contributed by atoms with Crippen LogP contribution in [0.3, 0.4) is 0 Å². The number of imidazole rings is 1. The van der Waals surface area contributed by atoms with Crippen LogP contribution in [0, 0.1) is 10.1 Å². The fourth-order valence-corrected chi connectivity index (χ4v) is 4.07. The Kier molecular flexibility index (Phi) is 2.58. The molecule has 2 aliphatic rings. The highest BCUT2D eigenvalue weighted by atomic mass is 16.6. The maximum Gasteiger partial charge on any atom is 0.336 e. The second kappa shape index (κ2) is 4.60. The molecule has 0 unspecified atom stereocenters. The highest BCUT2D eigenvalue weighted by Crippen LogP contribution is 2.47. The summed E-state index contributed by atoms with van der Waals surface area (Å²) in [6, 6.07) is 9.80. The van der Waals surface area contributed by atoms with E-state index in [2.05, 4.69) is 6.08 Å². The lowest BCUT2D eigenvalue weighted by Gasteiger charge is -2.09. The molecule has 124 valence electrons. The largest absolute Gasteiger partial charge is 0.493 e. The number of aromatic nitrogens is 2. The van der Waals surface area contributed by atoms with E-state index in [1.807, 2.05) is 0 Å². The van der Waals surface area contributed by atoms with Crippen LogP contribution in [0.2, 0.25) is 0 Å². The maximum absolute atomic E-state index is 12.9. The molecule has 0 saturated heterocycles. The van der Waals surface area contributed by atoms with E-state index in [1.54, 1.807) is 28.8 Å². The minimum Gasteiger partial charge on any atom is -0.493 e. The van der Waals surface area contributed by atoms with Gasteiger partial charge >= 0.3 is 5.69 Å². The third kappa shape index (κ3) is 1.67. The molecule has 0 spiro atoms. The van der Waals surface area contributed by atoms with Gasteiger partial charge < -0.3 is 5.11 Å². The van der Waals surface area contributed by atoms with E-state index >= 15 is 0 Å². The first kappa shape index (κ1) is 14.0. The standard InChI is InChI=1S/C18H13N3O4/c22-17-16-10-5-6-11(9-10)19(16)18(23)20(17)14-7-8-15(21(24)25)13-4-2-1-3-12(13)14/h1-5,7-8,11,22H,6,9H2/t11-/m0/s1. The van der Waals surface area contributed by atoms with Crippen molar-refractivity contribution in [3.8, 4) is 11.6 Å². The topological polar surface area (TPSA) is 90.3 Å². The minimum atomic E-state index is -0.445. The molecule has 7 heteroatoms. The zero-order chi connectivity index (χ0) is 17.3. The predicted molar refractivity (Wildman–Crippen MR) is 92.1 cm³/mol. The van der Waals surface area contributed by atoms with Gasteiger partial charge in [0.05, 0.1) is 16.0 Å². The van der Waals surface area contributed by atoms with Crippen LogP contribution < -0.4 is 5.69 Å². The zero-order valence-corrected chi connectivity index (χ0v) is 13.0. The van der Waals surface area contributed by atoms with Crippen LogP contribution in [0.25, 0.3) is 22.0 Å². The monoisotopic (exact) mass is 335 g/mol. The average Bonchev–Trinajstić information content (AvgIpc) is 3.28. The van der Waals surface area contributed by atoms with E-state index < -0.39 is 4.92 Å². The number of hydrogen-bond donors (Lipinski definition) is 1. The molecule has 2 bridgehead atoms. The van der Waals surface area contributed by atoms with Gasteiger partial charge in [0.15, 0.2) is 0 Å². The van der Waals surface area contributed by atoms with Crippen LogP contribution in [-0.2, 0) is 0 Å². The molecule has 7 nitrogen and oxygen atoms in total. The highest BCUT2D eigenvalue weighted by Gasteiger charge is 2.37. The molecule has 1 atom stereocenters. The smallest absolute Gasteiger partial charge is 0.336 e. The van der Waals surface area contributed by atoms with Gasteiger partial charge in [-0.15, -0.1) is 0 Å². The first-order valence-electron chi connectivity index (χ1n) is 8.00. The molecule has 0 fully saturated rings. The van der Waals surface area contributed by atoms with E-state index in [9.17, 15) is 20.0 Å². The van der Waals surface area contributed by atoms with E-state index in [1.165, 1.54) is 16.7 Å². The summed E-state index contributed by atoms with van der Waals surface area (Å²) in [6.07, 6.45) is 3.63. The first-order chi connectivity index (χ1) is 12.1. The van der Waals surface area contributed by atoms with Gasteiger partial charge in [-0.3, -0.25) is 14.7 Å². The molecule has 5 rings (SSSR count).